The summed E-state index contributed by atoms with van der Waals surface area (Å²) >= 11 is 6.02. The highest BCUT2D eigenvalue weighted by Crippen LogP contribution is 2.20. The summed E-state index contributed by atoms with van der Waals surface area (Å²) in [5, 5.41) is 6.72. The monoisotopic (exact) mass is 266 g/mol. The maximum Gasteiger partial charge on any atom is 0.224 e. The van der Waals surface area contributed by atoms with E-state index >= 15 is 0 Å². The van der Waals surface area contributed by atoms with Crippen molar-refractivity contribution in [1.82, 2.24) is 9.97 Å². The van der Waals surface area contributed by atoms with Crippen molar-refractivity contribution < 1.29 is 4.42 Å². The fourth-order valence-electron chi connectivity index (χ4n) is 1.40. The van der Waals surface area contributed by atoms with Gasteiger partial charge in [0.05, 0.1) is 19.0 Å². The molecule has 0 aliphatic carbocycles. The van der Waals surface area contributed by atoms with E-state index in [0.717, 1.165) is 18.7 Å². The zero-order valence-corrected chi connectivity index (χ0v) is 10.9. The van der Waals surface area contributed by atoms with E-state index in [-0.39, 0.29) is 0 Å². The van der Waals surface area contributed by atoms with Crippen LogP contribution in [0.1, 0.15) is 19.1 Å². The van der Waals surface area contributed by atoms with Crippen molar-refractivity contribution >= 4 is 23.4 Å². The maximum atomic E-state index is 6.02. The quantitative estimate of drug-likeness (QED) is 0.841. The van der Waals surface area contributed by atoms with Crippen LogP contribution >= 0.6 is 11.6 Å². The van der Waals surface area contributed by atoms with Gasteiger partial charge in [-0.3, -0.25) is 0 Å². The number of hydrogen-bond donors (Lipinski definition) is 2. The number of anilines is 2. The normalized spacial score (nSPS) is 10.3. The predicted molar refractivity (Wildman–Crippen MR) is 71.9 cm³/mol. The first-order valence-corrected chi connectivity index (χ1v) is 6.20. The maximum absolute atomic E-state index is 6.02. The fourth-order valence-corrected chi connectivity index (χ4v) is 1.55. The molecule has 18 heavy (non-hydrogen) atoms. The third-order valence-electron chi connectivity index (χ3n) is 2.29. The summed E-state index contributed by atoms with van der Waals surface area (Å²) in [6.45, 7) is 3.45. The molecule has 0 spiro atoms. The highest BCUT2D eigenvalue weighted by Gasteiger charge is 2.05. The summed E-state index contributed by atoms with van der Waals surface area (Å²) in [5.41, 5.74) is 0. The molecule has 0 fully saturated rings. The van der Waals surface area contributed by atoms with Crippen molar-refractivity contribution in [2.24, 2.45) is 0 Å². The van der Waals surface area contributed by atoms with Gasteiger partial charge in [-0.25, -0.2) is 4.98 Å². The van der Waals surface area contributed by atoms with Crippen LogP contribution in [-0.2, 0) is 6.54 Å². The summed E-state index contributed by atoms with van der Waals surface area (Å²) in [5.74, 6) is 2.00. The summed E-state index contributed by atoms with van der Waals surface area (Å²) in [6.07, 6.45) is 4.23. The molecule has 96 valence electrons. The Morgan fingerprint density at radius 1 is 1.39 bits per heavy atom. The molecule has 2 aromatic heterocycles. The minimum absolute atomic E-state index is 0.489. The van der Waals surface area contributed by atoms with Crippen molar-refractivity contribution in [3.05, 3.63) is 35.4 Å². The molecule has 0 bridgehead atoms. The lowest BCUT2D eigenvalue weighted by molar-refractivity contribution is 0.518. The second-order valence-corrected chi connectivity index (χ2v) is 4.16. The van der Waals surface area contributed by atoms with Crippen molar-refractivity contribution in [2.75, 3.05) is 17.2 Å². The lowest BCUT2D eigenvalue weighted by atomic mass is 10.4. The predicted octanol–water partition coefficient (Wildman–Crippen LogP) is 3.16. The number of furan rings is 1. The van der Waals surface area contributed by atoms with E-state index in [2.05, 4.69) is 27.5 Å². The van der Waals surface area contributed by atoms with Crippen molar-refractivity contribution in [3.8, 4) is 0 Å². The van der Waals surface area contributed by atoms with Gasteiger partial charge in [-0.05, 0) is 18.6 Å². The van der Waals surface area contributed by atoms with Crippen molar-refractivity contribution in [2.45, 2.75) is 19.9 Å². The van der Waals surface area contributed by atoms with Gasteiger partial charge in [0, 0.05) is 6.54 Å². The van der Waals surface area contributed by atoms with Crippen LogP contribution in [0.2, 0.25) is 5.02 Å². The Bertz CT molecular complexity index is 487. The highest BCUT2D eigenvalue weighted by atomic mass is 35.5. The minimum Gasteiger partial charge on any atom is -0.467 e. The average Bonchev–Trinajstić information content (AvgIpc) is 2.89. The average molecular weight is 267 g/mol. The first-order valence-electron chi connectivity index (χ1n) is 5.82. The Labute approximate surface area is 111 Å². The molecule has 0 saturated heterocycles. The van der Waals surface area contributed by atoms with Crippen LogP contribution in [0, 0.1) is 0 Å². The third kappa shape index (κ3) is 3.37. The third-order valence-corrected chi connectivity index (χ3v) is 2.56. The molecule has 0 unspecified atom stereocenters. The van der Waals surface area contributed by atoms with Crippen molar-refractivity contribution in [1.29, 1.82) is 0 Å². The van der Waals surface area contributed by atoms with Crippen LogP contribution in [0.4, 0.5) is 11.8 Å². The van der Waals surface area contributed by atoms with Crippen LogP contribution in [0.15, 0.2) is 29.0 Å². The molecule has 0 amide bonds. The number of rotatable bonds is 6. The molecule has 5 nitrogen and oxygen atoms in total. The zero-order chi connectivity index (χ0) is 12.8. The zero-order valence-electron chi connectivity index (χ0n) is 10.1. The van der Waals surface area contributed by atoms with Crippen LogP contribution < -0.4 is 10.6 Å². The number of nitrogens with zero attached hydrogens (tertiary/aromatic N) is 2. The molecular formula is C12H15ClN4O. The van der Waals surface area contributed by atoms with Gasteiger partial charge in [0.15, 0.2) is 5.82 Å². The Kier molecular flexibility index (Phi) is 4.41. The summed E-state index contributed by atoms with van der Waals surface area (Å²) < 4.78 is 5.23. The minimum atomic E-state index is 0.489. The molecule has 0 radical (unpaired) electrons. The summed E-state index contributed by atoms with van der Waals surface area (Å²) in [7, 11) is 0. The standard InChI is InChI=1S/C12H15ClN4O/c1-2-5-14-12-16-8-10(13)11(17-12)15-7-9-4-3-6-18-9/h3-4,6,8H,2,5,7H2,1H3,(H2,14,15,16,17). The Balaban J connectivity index is 2.01. The van der Waals surface area contributed by atoms with E-state index in [1.165, 1.54) is 0 Å². The largest absolute Gasteiger partial charge is 0.467 e. The Hall–Kier alpha value is -1.75. The Morgan fingerprint density at radius 3 is 3.00 bits per heavy atom. The van der Waals surface area contributed by atoms with Crippen LogP contribution in [0.5, 0.6) is 0 Å². The van der Waals surface area contributed by atoms with Crippen molar-refractivity contribution in [3.63, 3.8) is 0 Å². The molecule has 2 rings (SSSR count). The van der Waals surface area contributed by atoms with Gasteiger partial charge in [0.1, 0.15) is 10.8 Å². The lowest BCUT2D eigenvalue weighted by Crippen LogP contribution is -2.07. The SMILES string of the molecule is CCCNc1ncc(Cl)c(NCc2ccco2)n1. The van der Waals surface area contributed by atoms with Crippen LogP contribution in [0.25, 0.3) is 0 Å². The molecule has 0 aliphatic rings. The lowest BCUT2D eigenvalue weighted by Gasteiger charge is -2.08. The summed E-state index contributed by atoms with van der Waals surface area (Å²) in [6, 6.07) is 3.73. The molecule has 2 N–H and O–H groups in total. The number of hydrogen-bond acceptors (Lipinski definition) is 5. The van der Waals surface area contributed by atoms with E-state index in [1.54, 1.807) is 12.5 Å². The first kappa shape index (κ1) is 12.7. The highest BCUT2D eigenvalue weighted by molar-refractivity contribution is 6.32. The summed E-state index contributed by atoms with van der Waals surface area (Å²) in [4.78, 5) is 8.41. The van der Waals surface area contributed by atoms with Gasteiger partial charge in [0.25, 0.3) is 0 Å². The van der Waals surface area contributed by atoms with Gasteiger partial charge in [-0.2, -0.15) is 4.98 Å². The molecule has 2 heterocycles. The van der Waals surface area contributed by atoms with Gasteiger partial charge in [-0.1, -0.05) is 18.5 Å². The molecule has 0 saturated carbocycles. The molecule has 0 aromatic carbocycles. The van der Waals surface area contributed by atoms with E-state index in [4.69, 9.17) is 16.0 Å². The fraction of sp³-hybridized carbons (Fsp3) is 0.333. The molecule has 0 atom stereocenters. The van der Waals surface area contributed by atoms with E-state index < -0.39 is 0 Å². The first-order chi connectivity index (χ1) is 8.79. The van der Waals surface area contributed by atoms with Crippen LogP contribution in [0.3, 0.4) is 0 Å². The molecule has 0 aliphatic heterocycles. The number of aromatic nitrogens is 2. The van der Waals surface area contributed by atoms with Gasteiger partial charge >= 0.3 is 0 Å². The number of halogens is 1. The van der Waals surface area contributed by atoms with Gasteiger partial charge in [0.2, 0.25) is 5.95 Å². The molecular weight excluding hydrogens is 252 g/mol. The Morgan fingerprint density at radius 2 is 2.28 bits per heavy atom. The molecule has 6 heteroatoms. The van der Waals surface area contributed by atoms with E-state index in [1.807, 2.05) is 12.1 Å². The number of nitrogens with one attached hydrogen (secondary N) is 2. The van der Waals surface area contributed by atoms with Gasteiger partial charge < -0.3 is 15.1 Å². The van der Waals surface area contributed by atoms with E-state index in [9.17, 15) is 0 Å². The second-order valence-electron chi connectivity index (χ2n) is 3.75. The smallest absolute Gasteiger partial charge is 0.224 e. The topological polar surface area (TPSA) is 63.0 Å². The van der Waals surface area contributed by atoms with Crippen LogP contribution in [-0.4, -0.2) is 16.5 Å². The van der Waals surface area contributed by atoms with E-state index in [0.29, 0.717) is 23.3 Å². The molecule has 2 aromatic rings. The van der Waals surface area contributed by atoms with Gasteiger partial charge in [-0.15, -0.1) is 0 Å². The second kappa shape index (κ2) is 6.26.